The Bertz CT molecular complexity index is 767. The minimum atomic E-state index is -0.715. The molecule has 7 nitrogen and oxygen atoms in total. The summed E-state index contributed by atoms with van der Waals surface area (Å²) < 4.78 is 5.18. The van der Waals surface area contributed by atoms with Crippen molar-refractivity contribution in [1.82, 2.24) is 4.90 Å². The number of ether oxygens (including phenoxy) is 1. The number of nitro groups is 1. The minimum absolute atomic E-state index is 0.113. The maximum atomic E-state index is 12.6. The number of nitrogens with zero attached hydrogens (tertiary/aromatic N) is 2. The molecule has 0 radical (unpaired) electrons. The Morgan fingerprint density at radius 2 is 2.08 bits per heavy atom. The second kappa shape index (κ2) is 7.68. The normalized spacial score (nSPS) is 16.6. The summed E-state index contributed by atoms with van der Waals surface area (Å²) >= 11 is 0. The first-order valence-corrected chi connectivity index (χ1v) is 8.91. The average molecular weight is 358 g/mol. The fourth-order valence-electron chi connectivity index (χ4n) is 3.29. The van der Waals surface area contributed by atoms with Gasteiger partial charge in [0.25, 0.3) is 11.6 Å². The van der Waals surface area contributed by atoms with Gasteiger partial charge in [-0.25, -0.2) is 4.79 Å². The van der Waals surface area contributed by atoms with Gasteiger partial charge in [0, 0.05) is 23.4 Å². The number of carbonyl (C=O) groups is 2. The van der Waals surface area contributed by atoms with Crippen LogP contribution in [0.5, 0.6) is 0 Å². The lowest BCUT2D eigenvalue weighted by atomic mass is 10.0. The van der Waals surface area contributed by atoms with Gasteiger partial charge >= 0.3 is 5.97 Å². The van der Waals surface area contributed by atoms with Crippen LogP contribution in [0.15, 0.2) is 30.0 Å². The highest BCUT2D eigenvalue weighted by atomic mass is 16.6. The highest BCUT2D eigenvalue weighted by Crippen LogP contribution is 2.33. The number of hydrogen-bond donors (Lipinski definition) is 0. The lowest BCUT2D eigenvalue weighted by Crippen LogP contribution is -2.36. The van der Waals surface area contributed by atoms with Crippen LogP contribution in [-0.4, -0.2) is 34.3 Å². The summed E-state index contributed by atoms with van der Waals surface area (Å²) in [5.41, 5.74) is 1.25. The summed E-state index contributed by atoms with van der Waals surface area (Å²) in [7, 11) is 0. The summed E-state index contributed by atoms with van der Waals surface area (Å²) in [6.45, 7) is 1.15. The van der Waals surface area contributed by atoms with Crippen molar-refractivity contribution in [3.8, 4) is 0 Å². The van der Waals surface area contributed by atoms with E-state index >= 15 is 0 Å². The first-order chi connectivity index (χ1) is 12.5. The van der Waals surface area contributed by atoms with E-state index < -0.39 is 10.9 Å². The van der Waals surface area contributed by atoms with Crippen LogP contribution in [-0.2, 0) is 9.53 Å². The van der Waals surface area contributed by atoms with E-state index in [2.05, 4.69) is 6.08 Å². The molecule has 0 aliphatic heterocycles. The molecule has 0 bridgehead atoms. The summed E-state index contributed by atoms with van der Waals surface area (Å²) in [5.74, 6) is -0.940. The molecular formula is C19H22N2O5. The fraction of sp³-hybridized carbons (Fsp3) is 0.474. The molecule has 0 spiro atoms. The van der Waals surface area contributed by atoms with Crippen LogP contribution in [0.4, 0.5) is 5.69 Å². The lowest BCUT2D eigenvalue weighted by Gasteiger charge is -2.27. The van der Waals surface area contributed by atoms with Gasteiger partial charge in [0.15, 0.2) is 6.61 Å². The minimum Gasteiger partial charge on any atom is -0.452 e. The predicted octanol–water partition coefficient (Wildman–Crippen LogP) is 3.51. The molecule has 1 saturated carbocycles. The third-order valence-corrected chi connectivity index (χ3v) is 4.81. The van der Waals surface area contributed by atoms with Crippen molar-refractivity contribution < 1.29 is 19.2 Å². The molecule has 3 rings (SSSR count). The van der Waals surface area contributed by atoms with Gasteiger partial charge < -0.3 is 9.64 Å². The molecule has 0 N–H and O–H groups in total. The molecule has 0 heterocycles. The second-order valence-corrected chi connectivity index (χ2v) is 6.72. The molecule has 0 atom stereocenters. The van der Waals surface area contributed by atoms with E-state index in [-0.39, 0.29) is 35.4 Å². The van der Waals surface area contributed by atoms with Crippen LogP contribution >= 0.6 is 0 Å². The molecule has 7 heteroatoms. The Balaban J connectivity index is 1.67. The largest absolute Gasteiger partial charge is 0.452 e. The SMILES string of the molecule is Cc1c(C(=O)OCC(=O)N(C2=CCCCC2)C2CC2)cccc1[N+](=O)[O-]. The molecule has 138 valence electrons. The van der Waals surface area contributed by atoms with Gasteiger partial charge in [-0.2, -0.15) is 0 Å². The number of nitro benzene ring substituents is 1. The van der Waals surface area contributed by atoms with E-state index in [4.69, 9.17) is 4.74 Å². The van der Waals surface area contributed by atoms with Crippen LogP contribution in [0.25, 0.3) is 0 Å². The number of rotatable bonds is 6. The van der Waals surface area contributed by atoms with E-state index in [1.54, 1.807) is 4.90 Å². The van der Waals surface area contributed by atoms with Gasteiger partial charge in [0.05, 0.1) is 10.5 Å². The van der Waals surface area contributed by atoms with E-state index in [1.165, 1.54) is 25.1 Å². The van der Waals surface area contributed by atoms with Crippen molar-refractivity contribution in [3.05, 3.63) is 51.2 Å². The fourth-order valence-corrected chi connectivity index (χ4v) is 3.29. The summed E-state index contributed by atoms with van der Waals surface area (Å²) in [6.07, 6.45) is 8.10. The molecule has 0 saturated heterocycles. The zero-order chi connectivity index (χ0) is 18.7. The number of amides is 1. The van der Waals surface area contributed by atoms with Gasteiger partial charge in [-0.05, 0) is 51.5 Å². The first kappa shape index (κ1) is 18.1. The smallest absolute Gasteiger partial charge is 0.339 e. The van der Waals surface area contributed by atoms with Crippen molar-refractivity contribution in [2.45, 2.75) is 51.5 Å². The monoisotopic (exact) mass is 358 g/mol. The molecule has 1 aromatic rings. The van der Waals surface area contributed by atoms with Crippen LogP contribution in [0.3, 0.4) is 0 Å². The van der Waals surface area contributed by atoms with Gasteiger partial charge in [-0.15, -0.1) is 0 Å². The molecular weight excluding hydrogens is 336 g/mol. The summed E-state index contributed by atoms with van der Waals surface area (Å²) in [6, 6.07) is 4.46. The number of carbonyl (C=O) groups excluding carboxylic acids is 2. The summed E-state index contributed by atoms with van der Waals surface area (Å²) in [5, 5.41) is 11.0. The quantitative estimate of drug-likeness (QED) is 0.441. The lowest BCUT2D eigenvalue weighted by molar-refractivity contribution is -0.385. The Morgan fingerprint density at radius 3 is 2.69 bits per heavy atom. The van der Waals surface area contributed by atoms with E-state index in [9.17, 15) is 19.7 Å². The van der Waals surface area contributed by atoms with Crippen molar-refractivity contribution in [2.24, 2.45) is 0 Å². The van der Waals surface area contributed by atoms with Crippen LogP contribution < -0.4 is 0 Å². The topological polar surface area (TPSA) is 89.8 Å². The summed E-state index contributed by atoms with van der Waals surface area (Å²) in [4.78, 5) is 37.2. The molecule has 2 aliphatic carbocycles. The Morgan fingerprint density at radius 1 is 1.31 bits per heavy atom. The van der Waals surface area contributed by atoms with Crippen molar-refractivity contribution in [2.75, 3.05) is 6.61 Å². The van der Waals surface area contributed by atoms with Crippen LogP contribution in [0.1, 0.15) is 54.4 Å². The molecule has 2 aliphatic rings. The van der Waals surface area contributed by atoms with Crippen molar-refractivity contribution >= 4 is 17.6 Å². The first-order valence-electron chi connectivity index (χ1n) is 8.91. The van der Waals surface area contributed by atoms with Crippen molar-refractivity contribution in [1.29, 1.82) is 0 Å². The van der Waals surface area contributed by atoms with Gasteiger partial charge in [0.1, 0.15) is 0 Å². The van der Waals surface area contributed by atoms with Gasteiger partial charge in [0.2, 0.25) is 0 Å². The zero-order valence-electron chi connectivity index (χ0n) is 14.8. The van der Waals surface area contributed by atoms with Crippen molar-refractivity contribution in [3.63, 3.8) is 0 Å². The number of benzene rings is 1. The third-order valence-electron chi connectivity index (χ3n) is 4.81. The zero-order valence-corrected chi connectivity index (χ0v) is 14.8. The molecule has 1 fully saturated rings. The number of esters is 1. The van der Waals surface area contributed by atoms with E-state index in [0.717, 1.165) is 44.2 Å². The standard InChI is InChI=1S/C19H22N2O5/c1-13-16(8-5-9-17(13)21(24)25)19(23)26-12-18(22)20(15-10-11-15)14-6-3-2-4-7-14/h5-6,8-9,15H,2-4,7,10-12H2,1H3. The predicted molar refractivity (Wildman–Crippen MR) is 94.5 cm³/mol. The highest BCUT2D eigenvalue weighted by molar-refractivity contribution is 5.94. The Labute approximate surface area is 151 Å². The molecule has 1 amide bonds. The third kappa shape index (κ3) is 3.92. The van der Waals surface area contributed by atoms with Crippen LogP contribution in [0, 0.1) is 17.0 Å². The molecule has 26 heavy (non-hydrogen) atoms. The Hall–Kier alpha value is -2.70. The Kier molecular flexibility index (Phi) is 5.35. The van der Waals surface area contributed by atoms with Gasteiger partial charge in [-0.3, -0.25) is 14.9 Å². The number of allylic oxidation sites excluding steroid dienone is 2. The molecule has 1 aromatic carbocycles. The van der Waals surface area contributed by atoms with E-state index in [1.807, 2.05) is 0 Å². The maximum absolute atomic E-state index is 12.6. The molecule has 0 unspecified atom stereocenters. The number of hydrogen-bond acceptors (Lipinski definition) is 5. The molecule has 0 aromatic heterocycles. The van der Waals surface area contributed by atoms with Crippen LogP contribution in [0.2, 0.25) is 0 Å². The maximum Gasteiger partial charge on any atom is 0.339 e. The second-order valence-electron chi connectivity index (χ2n) is 6.72. The highest BCUT2D eigenvalue weighted by Gasteiger charge is 2.35. The van der Waals surface area contributed by atoms with Gasteiger partial charge in [-0.1, -0.05) is 12.1 Å². The average Bonchev–Trinajstić information content (AvgIpc) is 3.45. The van der Waals surface area contributed by atoms with E-state index in [0.29, 0.717) is 0 Å².